The second-order valence-corrected chi connectivity index (χ2v) is 8.86. The van der Waals surface area contributed by atoms with Crippen molar-refractivity contribution in [1.29, 1.82) is 0 Å². The Morgan fingerprint density at radius 1 is 1.23 bits per heavy atom. The van der Waals surface area contributed by atoms with Gasteiger partial charge in [0.25, 0.3) is 0 Å². The SMILES string of the molecule is O=C(O)CCCn1c(O)c(/C=C2/C(c3cccc(Cl)c3)=Nc3ccccc32)sc1=S. The Bertz CT molecular complexity index is 1260. The number of carboxylic acids is 1. The van der Waals surface area contributed by atoms with Gasteiger partial charge in [-0.05, 0) is 42.9 Å². The summed E-state index contributed by atoms with van der Waals surface area (Å²) in [5, 5.41) is 20.2. The predicted octanol–water partition coefficient (Wildman–Crippen LogP) is 6.18. The van der Waals surface area contributed by atoms with Gasteiger partial charge < -0.3 is 10.2 Å². The van der Waals surface area contributed by atoms with Crippen LogP contribution in [-0.4, -0.2) is 26.5 Å². The largest absolute Gasteiger partial charge is 0.493 e. The smallest absolute Gasteiger partial charge is 0.303 e. The van der Waals surface area contributed by atoms with E-state index in [1.807, 2.05) is 54.6 Å². The molecule has 0 amide bonds. The molecule has 0 atom stereocenters. The number of para-hydroxylation sites is 1. The van der Waals surface area contributed by atoms with Gasteiger partial charge >= 0.3 is 5.97 Å². The molecule has 152 valence electrons. The summed E-state index contributed by atoms with van der Waals surface area (Å²) in [4.78, 5) is 16.2. The van der Waals surface area contributed by atoms with Crippen LogP contribution in [0, 0.1) is 3.95 Å². The summed E-state index contributed by atoms with van der Waals surface area (Å²) in [6.45, 7) is 0.350. The number of carbonyl (C=O) groups is 1. The van der Waals surface area contributed by atoms with Crippen LogP contribution in [0.3, 0.4) is 0 Å². The lowest BCUT2D eigenvalue weighted by Crippen LogP contribution is -2.02. The monoisotopic (exact) mass is 456 g/mol. The van der Waals surface area contributed by atoms with Gasteiger partial charge in [-0.25, -0.2) is 4.99 Å². The van der Waals surface area contributed by atoms with Gasteiger partial charge in [0.2, 0.25) is 5.88 Å². The first kappa shape index (κ1) is 20.5. The lowest BCUT2D eigenvalue weighted by atomic mass is 9.97. The summed E-state index contributed by atoms with van der Waals surface area (Å²) in [5.74, 6) is -0.832. The Labute approximate surface area is 187 Å². The van der Waals surface area contributed by atoms with Crippen LogP contribution in [0.4, 0.5) is 5.69 Å². The van der Waals surface area contributed by atoms with Crippen molar-refractivity contribution in [3.05, 3.63) is 73.5 Å². The number of halogens is 1. The Kier molecular flexibility index (Phi) is 5.85. The Hall–Kier alpha value is -2.74. The summed E-state index contributed by atoms with van der Waals surface area (Å²) < 4.78 is 2.07. The minimum Gasteiger partial charge on any atom is -0.493 e. The van der Waals surface area contributed by atoms with Gasteiger partial charge in [0, 0.05) is 34.7 Å². The number of hydrogen-bond donors (Lipinski definition) is 2. The Morgan fingerprint density at radius 3 is 2.80 bits per heavy atom. The van der Waals surface area contributed by atoms with Gasteiger partial charge in [-0.1, -0.05) is 41.9 Å². The number of aliphatic imine (C=N–C) groups is 1. The Balaban J connectivity index is 1.77. The van der Waals surface area contributed by atoms with Crippen LogP contribution in [0.25, 0.3) is 11.6 Å². The first-order valence-corrected chi connectivity index (χ1v) is 10.8. The molecule has 8 heteroatoms. The molecule has 4 rings (SSSR count). The maximum Gasteiger partial charge on any atom is 0.303 e. The second kappa shape index (κ2) is 8.55. The minimum atomic E-state index is -0.872. The van der Waals surface area contributed by atoms with Crippen LogP contribution < -0.4 is 0 Å². The van der Waals surface area contributed by atoms with E-state index in [4.69, 9.17) is 33.9 Å². The zero-order chi connectivity index (χ0) is 21.3. The van der Waals surface area contributed by atoms with Crippen LogP contribution in [0.15, 0.2) is 53.5 Å². The van der Waals surface area contributed by atoms with Crippen molar-refractivity contribution in [3.63, 3.8) is 0 Å². The number of allylic oxidation sites excluding steroid dienone is 1. The van der Waals surface area contributed by atoms with Crippen LogP contribution in [-0.2, 0) is 11.3 Å². The van der Waals surface area contributed by atoms with E-state index >= 15 is 0 Å². The molecule has 0 radical (unpaired) electrons. The van der Waals surface area contributed by atoms with Crippen molar-refractivity contribution in [1.82, 2.24) is 4.57 Å². The predicted molar refractivity (Wildman–Crippen MR) is 124 cm³/mol. The number of fused-ring (bicyclic) bond motifs is 1. The third kappa shape index (κ3) is 4.09. The van der Waals surface area contributed by atoms with Crippen LogP contribution >= 0.6 is 35.2 Å². The highest BCUT2D eigenvalue weighted by Crippen LogP contribution is 2.40. The van der Waals surface area contributed by atoms with Gasteiger partial charge in [-0.15, -0.1) is 11.3 Å². The molecule has 0 bridgehead atoms. The number of rotatable bonds is 6. The average molecular weight is 457 g/mol. The van der Waals surface area contributed by atoms with Gasteiger partial charge in [-0.2, -0.15) is 0 Å². The number of aromatic hydroxyl groups is 1. The Morgan fingerprint density at radius 2 is 2.03 bits per heavy atom. The number of aliphatic carboxylic acids is 1. The number of carboxylic acid groups (broad SMARTS) is 1. The molecule has 2 N–H and O–H groups in total. The third-order valence-corrected chi connectivity index (χ3v) is 6.34. The molecule has 2 aromatic carbocycles. The molecule has 2 heterocycles. The molecule has 3 aromatic rings. The van der Waals surface area contributed by atoms with E-state index in [9.17, 15) is 9.90 Å². The lowest BCUT2D eigenvalue weighted by Gasteiger charge is -2.07. The first-order chi connectivity index (χ1) is 14.4. The summed E-state index contributed by atoms with van der Waals surface area (Å²) >= 11 is 12.9. The van der Waals surface area contributed by atoms with Crippen LogP contribution in [0.1, 0.15) is 28.8 Å². The zero-order valence-corrected chi connectivity index (χ0v) is 18.1. The summed E-state index contributed by atoms with van der Waals surface area (Å²) in [6.07, 6.45) is 2.30. The summed E-state index contributed by atoms with van der Waals surface area (Å²) in [6, 6.07) is 15.3. The minimum absolute atomic E-state index is 0.0203. The van der Waals surface area contributed by atoms with E-state index in [2.05, 4.69) is 0 Å². The normalized spacial score (nSPS) is 14.0. The number of benzene rings is 2. The fraction of sp³-hybridized carbons (Fsp3) is 0.136. The van der Waals surface area contributed by atoms with Crippen molar-refractivity contribution < 1.29 is 15.0 Å². The zero-order valence-electron chi connectivity index (χ0n) is 15.7. The molecule has 1 aliphatic heterocycles. The van der Waals surface area contributed by atoms with Crippen molar-refractivity contribution in [3.8, 4) is 5.88 Å². The van der Waals surface area contributed by atoms with E-state index in [-0.39, 0.29) is 12.3 Å². The molecular formula is C22H17ClN2O3S2. The van der Waals surface area contributed by atoms with Gasteiger partial charge in [-0.3, -0.25) is 9.36 Å². The average Bonchev–Trinajstić information content (AvgIpc) is 3.20. The number of thiazole rings is 1. The molecule has 1 aromatic heterocycles. The van der Waals surface area contributed by atoms with E-state index in [0.717, 1.165) is 28.1 Å². The highest BCUT2D eigenvalue weighted by Gasteiger charge is 2.23. The van der Waals surface area contributed by atoms with Crippen molar-refractivity contribution in [2.24, 2.45) is 4.99 Å². The first-order valence-electron chi connectivity index (χ1n) is 9.24. The molecular weight excluding hydrogens is 440 g/mol. The lowest BCUT2D eigenvalue weighted by molar-refractivity contribution is -0.137. The van der Waals surface area contributed by atoms with Crippen LogP contribution in [0.5, 0.6) is 5.88 Å². The topological polar surface area (TPSA) is 74.8 Å². The van der Waals surface area contributed by atoms with Crippen LogP contribution in [0.2, 0.25) is 5.02 Å². The molecule has 0 saturated carbocycles. The molecule has 1 aliphatic rings. The second-order valence-electron chi connectivity index (χ2n) is 6.75. The molecule has 0 saturated heterocycles. The van der Waals surface area contributed by atoms with E-state index in [1.165, 1.54) is 11.3 Å². The molecule has 30 heavy (non-hydrogen) atoms. The fourth-order valence-electron chi connectivity index (χ4n) is 3.33. The molecule has 5 nitrogen and oxygen atoms in total. The quantitative estimate of drug-likeness (QED) is 0.434. The van der Waals surface area contributed by atoms with Crippen molar-refractivity contribution in [2.75, 3.05) is 0 Å². The van der Waals surface area contributed by atoms with E-state index < -0.39 is 5.97 Å². The number of nitrogens with zero attached hydrogens (tertiary/aromatic N) is 2. The molecule has 0 fully saturated rings. The highest BCUT2D eigenvalue weighted by atomic mass is 35.5. The van der Waals surface area contributed by atoms with Crippen molar-refractivity contribution in [2.45, 2.75) is 19.4 Å². The van der Waals surface area contributed by atoms with Gasteiger partial charge in [0.1, 0.15) is 0 Å². The highest BCUT2D eigenvalue weighted by molar-refractivity contribution is 7.73. The standard InChI is InChI=1S/C22H17ClN2O3S2/c23-14-6-3-5-13(11-14)20-16(15-7-1-2-8-17(15)24-20)12-18-21(28)25(22(29)30-18)10-4-9-19(26)27/h1-3,5-8,11-12,28H,4,9-10H2,(H,26,27)/b16-12+. The summed E-state index contributed by atoms with van der Waals surface area (Å²) in [5.41, 5.74) is 4.34. The molecule has 0 unspecified atom stereocenters. The maximum atomic E-state index is 10.8. The summed E-state index contributed by atoms with van der Waals surface area (Å²) in [7, 11) is 0. The third-order valence-electron chi connectivity index (χ3n) is 4.72. The maximum absolute atomic E-state index is 10.8. The van der Waals surface area contributed by atoms with Gasteiger partial charge in [0.15, 0.2) is 3.95 Å². The molecule has 0 aliphatic carbocycles. The van der Waals surface area contributed by atoms with E-state index in [0.29, 0.717) is 26.8 Å². The fourth-order valence-corrected chi connectivity index (χ4v) is 4.83. The van der Waals surface area contributed by atoms with E-state index in [1.54, 1.807) is 4.57 Å². The molecule has 0 spiro atoms. The number of aromatic nitrogens is 1. The van der Waals surface area contributed by atoms with Gasteiger partial charge in [0.05, 0.1) is 16.3 Å². The number of hydrogen-bond acceptors (Lipinski definition) is 5. The van der Waals surface area contributed by atoms with Crippen molar-refractivity contribution >= 4 is 64.2 Å².